The summed E-state index contributed by atoms with van der Waals surface area (Å²) in [6.45, 7) is 12.6. The van der Waals surface area contributed by atoms with E-state index in [4.69, 9.17) is 14.2 Å². The molecule has 5 nitrogen and oxygen atoms in total. The van der Waals surface area contributed by atoms with Crippen molar-refractivity contribution >= 4 is 16.9 Å². The SMILES string of the molecule is CCOC(=O)c1[nH]c2ccc(Oc3ccc(C(C)(C)C)cc3)cc2c1-c1ccc(OC(C)C)cc1. The van der Waals surface area contributed by atoms with Crippen LogP contribution in [0, 0.1) is 0 Å². The number of fused-ring (bicyclic) bond motifs is 1. The molecule has 4 aromatic rings. The third-order valence-electron chi connectivity index (χ3n) is 5.72. The first kappa shape index (κ1) is 24.4. The largest absolute Gasteiger partial charge is 0.491 e. The Balaban J connectivity index is 1.74. The van der Waals surface area contributed by atoms with E-state index in [1.54, 1.807) is 6.92 Å². The van der Waals surface area contributed by atoms with Crippen molar-refractivity contribution < 1.29 is 19.0 Å². The third kappa shape index (κ3) is 5.51. The summed E-state index contributed by atoms with van der Waals surface area (Å²) in [4.78, 5) is 16.0. The van der Waals surface area contributed by atoms with Crippen LogP contribution in [-0.2, 0) is 10.2 Å². The molecule has 5 heteroatoms. The molecule has 0 aliphatic heterocycles. The predicted octanol–water partition coefficient (Wildman–Crippen LogP) is 7.89. The molecule has 0 radical (unpaired) electrons. The second-order valence-corrected chi connectivity index (χ2v) is 9.87. The Morgan fingerprint density at radius 2 is 1.51 bits per heavy atom. The fraction of sp³-hybridized carbons (Fsp3) is 0.300. The van der Waals surface area contributed by atoms with Crippen LogP contribution in [0.5, 0.6) is 17.2 Å². The summed E-state index contributed by atoms with van der Waals surface area (Å²) in [5.74, 6) is 1.84. The fourth-order valence-electron chi connectivity index (χ4n) is 4.02. The fourth-order valence-corrected chi connectivity index (χ4v) is 4.02. The number of aromatic nitrogens is 1. The Bertz CT molecular complexity index is 1310. The lowest BCUT2D eigenvalue weighted by atomic mass is 9.87. The van der Waals surface area contributed by atoms with Gasteiger partial charge in [-0.2, -0.15) is 0 Å². The highest BCUT2D eigenvalue weighted by Gasteiger charge is 2.21. The molecule has 4 rings (SSSR count). The zero-order valence-electron chi connectivity index (χ0n) is 21.3. The number of rotatable bonds is 7. The van der Waals surface area contributed by atoms with Crippen LogP contribution >= 0.6 is 0 Å². The Morgan fingerprint density at radius 1 is 0.886 bits per heavy atom. The second kappa shape index (κ2) is 9.87. The van der Waals surface area contributed by atoms with E-state index in [1.165, 1.54) is 5.56 Å². The summed E-state index contributed by atoms with van der Waals surface area (Å²) in [5, 5.41) is 0.884. The van der Waals surface area contributed by atoms with E-state index in [9.17, 15) is 4.79 Å². The van der Waals surface area contributed by atoms with E-state index in [0.29, 0.717) is 18.1 Å². The average Bonchev–Trinajstić information content (AvgIpc) is 3.18. The molecule has 0 unspecified atom stereocenters. The minimum Gasteiger partial charge on any atom is -0.491 e. The second-order valence-electron chi connectivity index (χ2n) is 9.87. The predicted molar refractivity (Wildman–Crippen MR) is 141 cm³/mol. The number of carbonyl (C=O) groups is 1. The number of hydrogen-bond acceptors (Lipinski definition) is 4. The molecule has 0 saturated heterocycles. The van der Waals surface area contributed by atoms with Crippen molar-refractivity contribution in [2.24, 2.45) is 0 Å². The van der Waals surface area contributed by atoms with Gasteiger partial charge in [-0.1, -0.05) is 45.0 Å². The van der Waals surface area contributed by atoms with Gasteiger partial charge in [-0.05, 0) is 79.8 Å². The molecule has 0 spiro atoms. The highest BCUT2D eigenvalue weighted by atomic mass is 16.5. The average molecular weight is 472 g/mol. The highest BCUT2D eigenvalue weighted by molar-refractivity contribution is 6.08. The number of esters is 1. The van der Waals surface area contributed by atoms with Gasteiger partial charge in [-0.25, -0.2) is 4.79 Å². The van der Waals surface area contributed by atoms with Crippen LogP contribution in [0.2, 0.25) is 0 Å². The lowest BCUT2D eigenvalue weighted by molar-refractivity contribution is 0.0521. The molecule has 0 bridgehead atoms. The van der Waals surface area contributed by atoms with Crippen molar-refractivity contribution in [2.45, 2.75) is 53.1 Å². The topological polar surface area (TPSA) is 60.6 Å². The standard InChI is InChI=1S/C30H33NO4/c1-7-33-29(32)28-27(20-8-12-22(13-9-20)34-19(2)3)25-18-24(16-17-26(25)31-28)35-23-14-10-21(11-15-23)30(4,5)6/h8-19,31H,7H2,1-6H3. The molecule has 1 N–H and O–H groups in total. The lowest BCUT2D eigenvalue weighted by Gasteiger charge is -2.19. The highest BCUT2D eigenvalue weighted by Crippen LogP contribution is 2.37. The maximum absolute atomic E-state index is 12.8. The number of aromatic amines is 1. The molecule has 3 aromatic carbocycles. The van der Waals surface area contributed by atoms with Crippen LogP contribution in [0.3, 0.4) is 0 Å². The Kier molecular flexibility index (Phi) is 6.88. The molecular formula is C30H33NO4. The maximum atomic E-state index is 12.8. The van der Waals surface area contributed by atoms with Gasteiger partial charge in [0.25, 0.3) is 0 Å². The molecule has 0 saturated carbocycles. The van der Waals surface area contributed by atoms with Gasteiger partial charge in [0.2, 0.25) is 0 Å². The summed E-state index contributed by atoms with van der Waals surface area (Å²) >= 11 is 0. The van der Waals surface area contributed by atoms with Gasteiger partial charge in [0.05, 0.1) is 12.7 Å². The van der Waals surface area contributed by atoms with Gasteiger partial charge in [0, 0.05) is 16.5 Å². The monoisotopic (exact) mass is 471 g/mol. The molecule has 0 amide bonds. The summed E-state index contributed by atoms with van der Waals surface area (Å²) in [6.07, 6.45) is 0.0844. The molecule has 1 aromatic heterocycles. The smallest absolute Gasteiger partial charge is 0.355 e. The first-order valence-corrected chi connectivity index (χ1v) is 12.0. The molecule has 1 heterocycles. The molecule has 0 aliphatic carbocycles. The quantitative estimate of drug-likeness (QED) is 0.278. The van der Waals surface area contributed by atoms with Crippen molar-refractivity contribution in [2.75, 3.05) is 6.61 Å². The lowest BCUT2D eigenvalue weighted by Crippen LogP contribution is -2.10. The number of hydrogen-bond donors (Lipinski definition) is 1. The van der Waals surface area contributed by atoms with E-state index in [2.05, 4.69) is 37.9 Å². The van der Waals surface area contributed by atoms with Gasteiger partial charge >= 0.3 is 5.97 Å². The number of nitrogens with one attached hydrogen (secondary N) is 1. The number of carbonyl (C=O) groups excluding carboxylic acids is 1. The van der Waals surface area contributed by atoms with Crippen molar-refractivity contribution in [3.8, 4) is 28.4 Å². The number of H-pyrrole nitrogens is 1. The number of benzene rings is 3. The molecule has 35 heavy (non-hydrogen) atoms. The molecular weight excluding hydrogens is 438 g/mol. The van der Waals surface area contributed by atoms with Crippen LogP contribution < -0.4 is 9.47 Å². The Morgan fingerprint density at radius 3 is 2.11 bits per heavy atom. The van der Waals surface area contributed by atoms with Crippen molar-refractivity contribution in [1.82, 2.24) is 4.98 Å². The van der Waals surface area contributed by atoms with Crippen molar-refractivity contribution in [3.05, 3.63) is 78.0 Å². The number of ether oxygens (including phenoxy) is 3. The van der Waals surface area contributed by atoms with Crippen LogP contribution in [-0.4, -0.2) is 23.7 Å². The third-order valence-corrected chi connectivity index (χ3v) is 5.72. The van der Waals surface area contributed by atoms with Gasteiger partial charge in [0.1, 0.15) is 22.9 Å². The first-order valence-electron chi connectivity index (χ1n) is 12.0. The van der Waals surface area contributed by atoms with Gasteiger partial charge < -0.3 is 19.2 Å². The van der Waals surface area contributed by atoms with Gasteiger partial charge in [0.15, 0.2) is 0 Å². The summed E-state index contributed by atoms with van der Waals surface area (Å²) in [6, 6.07) is 21.7. The minimum absolute atomic E-state index is 0.0801. The van der Waals surface area contributed by atoms with E-state index >= 15 is 0 Å². The summed E-state index contributed by atoms with van der Waals surface area (Å²) in [5.41, 5.74) is 4.26. The van der Waals surface area contributed by atoms with E-state index in [-0.39, 0.29) is 17.5 Å². The molecule has 0 aliphatic rings. The Hall–Kier alpha value is -3.73. The molecule has 0 atom stereocenters. The van der Waals surface area contributed by atoms with Crippen molar-refractivity contribution in [1.29, 1.82) is 0 Å². The van der Waals surface area contributed by atoms with Gasteiger partial charge in [-0.3, -0.25) is 0 Å². The normalized spacial score (nSPS) is 11.6. The van der Waals surface area contributed by atoms with Crippen LogP contribution in [0.25, 0.3) is 22.0 Å². The summed E-state index contributed by atoms with van der Waals surface area (Å²) in [7, 11) is 0. The maximum Gasteiger partial charge on any atom is 0.355 e. The molecule has 182 valence electrons. The molecule has 0 fully saturated rings. The van der Waals surface area contributed by atoms with Crippen LogP contribution in [0.15, 0.2) is 66.7 Å². The first-order chi connectivity index (χ1) is 16.7. The van der Waals surface area contributed by atoms with E-state index < -0.39 is 0 Å². The van der Waals surface area contributed by atoms with Crippen molar-refractivity contribution in [3.63, 3.8) is 0 Å². The van der Waals surface area contributed by atoms with Gasteiger partial charge in [-0.15, -0.1) is 0 Å². The van der Waals surface area contributed by atoms with E-state index in [0.717, 1.165) is 33.5 Å². The zero-order valence-corrected chi connectivity index (χ0v) is 21.3. The zero-order chi connectivity index (χ0) is 25.2. The summed E-state index contributed by atoms with van der Waals surface area (Å²) < 4.78 is 17.3. The Labute approximate surface area is 207 Å². The minimum atomic E-state index is -0.388. The van der Waals surface area contributed by atoms with Crippen LogP contribution in [0.4, 0.5) is 0 Å². The van der Waals surface area contributed by atoms with E-state index in [1.807, 2.05) is 68.4 Å². The van der Waals surface area contributed by atoms with Crippen LogP contribution in [0.1, 0.15) is 57.6 Å².